The summed E-state index contributed by atoms with van der Waals surface area (Å²) in [7, 11) is -4.06. The van der Waals surface area contributed by atoms with Gasteiger partial charge in [-0.15, -0.1) is 0 Å². The molecule has 0 saturated carbocycles. The highest BCUT2D eigenvalue weighted by atomic mass is 28.4. The maximum atomic E-state index is 6.97. The van der Waals surface area contributed by atoms with Gasteiger partial charge in [0, 0.05) is 12.0 Å². The van der Waals surface area contributed by atoms with Crippen LogP contribution in [-0.2, 0) is 13.6 Å². The summed E-state index contributed by atoms with van der Waals surface area (Å²) in [5, 5.41) is 0.173. The molecule has 0 radical (unpaired) electrons. The Morgan fingerprint density at radius 3 is 2.29 bits per heavy atom. The quantitative estimate of drug-likeness (QED) is 0.258. The number of ether oxygens (including phenoxy) is 2. The van der Waals surface area contributed by atoms with Gasteiger partial charge < -0.3 is 24.1 Å². The van der Waals surface area contributed by atoms with E-state index in [0.29, 0.717) is 36.5 Å². The molecule has 3 heterocycles. The van der Waals surface area contributed by atoms with Crippen LogP contribution < -0.4 is 10.5 Å². The SMILES string of the molecule is CCOc1ccccc1-c1nc(N)nc2c1ncn2[C@H]1C[C@H](O[Si](C)(C)C(C)(C)C)[C@@H](CO[Si](C)(C)C(C)(C)C)O1. The minimum atomic E-state index is -2.08. The average molecular weight is 600 g/mol. The first-order chi connectivity index (χ1) is 18.9. The molecule has 3 aromatic rings. The second-order valence-electron chi connectivity index (χ2n) is 14.0. The van der Waals surface area contributed by atoms with Gasteiger partial charge in [0.25, 0.3) is 0 Å². The van der Waals surface area contributed by atoms with E-state index in [1.165, 1.54) is 0 Å². The molecule has 0 spiro atoms. The molecule has 2 aromatic heterocycles. The number of rotatable bonds is 9. The summed E-state index contributed by atoms with van der Waals surface area (Å²) in [6.45, 7) is 25.7. The Balaban J connectivity index is 1.70. The summed E-state index contributed by atoms with van der Waals surface area (Å²) in [5.74, 6) is 0.900. The van der Waals surface area contributed by atoms with Gasteiger partial charge in [-0.1, -0.05) is 53.7 Å². The summed E-state index contributed by atoms with van der Waals surface area (Å²) in [6.07, 6.45) is 1.79. The summed E-state index contributed by atoms with van der Waals surface area (Å²) in [5.41, 5.74) is 9.00. The molecule has 0 bridgehead atoms. The Hall–Kier alpha value is -2.32. The fourth-order valence-corrected chi connectivity index (χ4v) is 6.86. The lowest BCUT2D eigenvalue weighted by Gasteiger charge is -2.40. The number of anilines is 1. The van der Waals surface area contributed by atoms with Gasteiger partial charge in [0.15, 0.2) is 22.3 Å². The van der Waals surface area contributed by atoms with E-state index in [-0.39, 0.29) is 34.5 Å². The van der Waals surface area contributed by atoms with Crippen molar-refractivity contribution in [1.82, 2.24) is 19.5 Å². The highest BCUT2D eigenvalue weighted by molar-refractivity contribution is 6.74. The third-order valence-corrected chi connectivity index (χ3v) is 18.0. The number of nitrogens with zero attached hydrogens (tertiary/aromatic N) is 4. The summed E-state index contributed by atoms with van der Waals surface area (Å²) < 4.78 is 28.2. The van der Waals surface area contributed by atoms with Gasteiger partial charge in [0.1, 0.15) is 29.3 Å². The molecule has 1 aliphatic rings. The molecule has 226 valence electrons. The predicted molar refractivity (Wildman–Crippen MR) is 170 cm³/mol. The van der Waals surface area contributed by atoms with Gasteiger partial charge in [-0.25, -0.2) is 9.97 Å². The third kappa shape index (κ3) is 6.54. The lowest BCUT2D eigenvalue weighted by atomic mass is 10.1. The molecule has 4 rings (SSSR count). The molecule has 0 aliphatic carbocycles. The van der Waals surface area contributed by atoms with Crippen molar-refractivity contribution in [1.29, 1.82) is 0 Å². The van der Waals surface area contributed by atoms with Crippen LogP contribution in [0.1, 0.15) is 61.1 Å². The van der Waals surface area contributed by atoms with Gasteiger partial charge in [0.05, 0.1) is 25.6 Å². The molecule has 11 heteroatoms. The Morgan fingerprint density at radius 1 is 1.00 bits per heavy atom. The first kappa shape index (κ1) is 31.6. The van der Waals surface area contributed by atoms with Gasteiger partial charge in [-0.05, 0) is 55.3 Å². The molecule has 1 aromatic carbocycles. The van der Waals surface area contributed by atoms with Crippen LogP contribution in [0.3, 0.4) is 0 Å². The van der Waals surface area contributed by atoms with E-state index in [1.807, 2.05) is 35.8 Å². The van der Waals surface area contributed by atoms with Crippen LogP contribution in [0, 0.1) is 0 Å². The summed E-state index contributed by atoms with van der Waals surface area (Å²) in [6, 6.07) is 7.79. The number of para-hydroxylation sites is 1. The van der Waals surface area contributed by atoms with Crippen LogP contribution in [0.2, 0.25) is 36.3 Å². The summed E-state index contributed by atoms with van der Waals surface area (Å²) in [4.78, 5) is 13.9. The third-order valence-electron chi connectivity index (χ3n) is 9.04. The maximum Gasteiger partial charge on any atom is 0.222 e. The van der Waals surface area contributed by atoms with E-state index in [4.69, 9.17) is 29.0 Å². The van der Waals surface area contributed by atoms with Crippen molar-refractivity contribution in [3.63, 3.8) is 0 Å². The average Bonchev–Trinajstić information content (AvgIpc) is 3.45. The largest absolute Gasteiger partial charge is 0.493 e. The monoisotopic (exact) mass is 599 g/mol. The maximum absolute atomic E-state index is 6.97. The topological polar surface area (TPSA) is 107 Å². The second-order valence-corrected chi connectivity index (χ2v) is 23.6. The smallest absolute Gasteiger partial charge is 0.222 e. The number of benzene rings is 1. The summed E-state index contributed by atoms with van der Waals surface area (Å²) >= 11 is 0. The van der Waals surface area contributed by atoms with Crippen LogP contribution in [0.25, 0.3) is 22.4 Å². The van der Waals surface area contributed by atoms with Crippen LogP contribution in [0.15, 0.2) is 30.6 Å². The first-order valence-corrected chi connectivity index (χ1v) is 20.5. The van der Waals surface area contributed by atoms with Crippen molar-refractivity contribution in [3.8, 4) is 17.0 Å². The minimum absolute atomic E-state index is 0.0716. The number of fused-ring (bicyclic) bond motifs is 1. The number of imidazole rings is 1. The molecular weight excluding hydrogens is 551 g/mol. The van der Waals surface area contributed by atoms with Gasteiger partial charge in [0.2, 0.25) is 5.95 Å². The van der Waals surface area contributed by atoms with Crippen molar-refractivity contribution in [2.24, 2.45) is 0 Å². The van der Waals surface area contributed by atoms with Crippen LogP contribution >= 0.6 is 0 Å². The highest BCUT2D eigenvalue weighted by Gasteiger charge is 2.47. The standard InChI is InChI=1S/C30H49N5O4Si2/c1-12-36-21-16-14-13-15-20(21)25-26-27(34-28(31)33-25)35(19-32-26)24-17-22(39-41(10,11)30(5,6)7)23(38-24)18-37-40(8,9)29(2,3)4/h13-16,19,22-24H,12,17-18H2,1-11H3,(H2,31,33,34)/t22-,23+,24+/m0/s1. The van der Waals surface area contributed by atoms with E-state index in [1.54, 1.807) is 6.33 Å². The zero-order valence-electron chi connectivity index (χ0n) is 26.7. The van der Waals surface area contributed by atoms with Crippen LogP contribution in [0.4, 0.5) is 5.95 Å². The van der Waals surface area contributed by atoms with Gasteiger partial charge in [-0.2, -0.15) is 4.98 Å². The fourth-order valence-electron chi connectivity index (χ4n) is 4.48. The Morgan fingerprint density at radius 2 is 1.66 bits per heavy atom. The number of nitrogen functional groups attached to an aromatic ring is 1. The second kappa shape index (κ2) is 11.4. The van der Waals surface area contributed by atoms with E-state index in [2.05, 4.69) is 77.7 Å². The van der Waals surface area contributed by atoms with Crippen molar-refractivity contribution in [2.75, 3.05) is 18.9 Å². The minimum Gasteiger partial charge on any atom is -0.493 e. The van der Waals surface area contributed by atoms with Crippen LogP contribution in [-0.4, -0.2) is 61.6 Å². The number of hydrogen-bond acceptors (Lipinski definition) is 8. The zero-order chi connectivity index (χ0) is 30.4. The molecule has 1 saturated heterocycles. The number of nitrogens with two attached hydrogens (primary N) is 1. The molecule has 1 fully saturated rings. The van der Waals surface area contributed by atoms with Gasteiger partial charge in [-0.3, -0.25) is 4.57 Å². The Labute approximate surface area is 247 Å². The molecule has 9 nitrogen and oxygen atoms in total. The zero-order valence-corrected chi connectivity index (χ0v) is 28.7. The molecule has 3 atom stereocenters. The molecule has 41 heavy (non-hydrogen) atoms. The van der Waals surface area contributed by atoms with E-state index >= 15 is 0 Å². The van der Waals surface area contributed by atoms with Crippen molar-refractivity contribution in [2.45, 2.75) is 110 Å². The fraction of sp³-hybridized carbons (Fsp3) is 0.633. The molecule has 1 aliphatic heterocycles. The first-order valence-electron chi connectivity index (χ1n) is 14.6. The lowest BCUT2D eigenvalue weighted by Crippen LogP contribution is -2.48. The molecule has 0 unspecified atom stereocenters. The van der Waals surface area contributed by atoms with Gasteiger partial charge >= 0.3 is 0 Å². The normalized spacial score (nSPS) is 20.6. The van der Waals surface area contributed by atoms with Crippen molar-refractivity contribution >= 4 is 33.7 Å². The van der Waals surface area contributed by atoms with Crippen molar-refractivity contribution < 1.29 is 18.3 Å². The predicted octanol–water partition coefficient (Wildman–Crippen LogP) is 7.17. The number of aromatic nitrogens is 4. The lowest BCUT2D eigenvalue weighted by molar-refractivity contribution is -0.0383. The molecule has 2 N–H and O–H groups in total. The highest BCUT2D eigenvalue weighted by Crippen LogP contribution is 2.43. The van der Waals surface area contributed by atoms with Crippen LogP contribution in [0.5, 0.6) is 5.75 Å². The Kier molecular flexibility index (Phi) is 8.79. The Bertz CT molecular complexity index is 1360. The van der Waals surface area contributed by atoms with Crippen molar-refractivity contribution in [3.05, 3.63) is 30.6 Å². The van der Waals surface area contributed by atoms with E-state index < -0.39 is 16.6 Å². The molecular formula is C30H49N5O4Si2. The number of hydrogen-bond donors (Lipinski definition) is 1. The van der Waals surface area contributed by atoms with E-state index in [0.717, 1.165) is 11.3 Å². The molecule has 0 amide bonds. The van der Waals surface area contributed by atoms with E-state index in [9.17, 15) is 0 Å².